The second-order valence-electron chi connectivity index (χ2n) is 6.72. The number of carbonyl (C=O) groups is 2. The third-order valence-corrected chi connectivity index (χ3v) is 5.09. The summed E-state index contributed by atoms with van der Waals surface area (Å²) in [5, 5.41) is 4.48. The van der Waals surface area contributed by atoms with Gasteiger partial charge in [0, 0.05) is 32.3 Å². The number of primary amides is 1. The molecule has 0 spiro atoms. The van der Waals surface area contributed by atoms with Crippen LogP contribution in [0, 0.1) is 20.8 Å². The van der Waals surface area contributed by atoms with Gasteiger partial charge in [0.15, 0.2) is 0 Å². The summed E-state index contributed by atoms with van der Waals surface area (Å²) < 4.78 is 7.17. The Kier molecular flexibility index (Phi) is 5.64. The van der Waals surface area contributed by atoms with Gasteiger partial charge in [-0.2, -0.15) is 5.10 Å². The Morgan fingerprint density at radius 2 is 2.04 bits per heavy atom. The second kappa shape index (κ2) is 7.34. The third kappa shape index (κ3) is 3.61. The van der Waals surface area contributed by atoms with E-state index in [0.717, 1.165) is 29.8 Å². The number of amides is 2. The van der Waals surface area contributed by atoms with Crippen LogP contribution in [0.2, 0.25) is 0 Å². The molecular weight excluding hydrogens is 308 g/mol. The van der Waals surface area contributed by atoms with Crippen LogP contribution in [0.5, 0.6) is 0 Å². The van der Waals surface area contributed by atoms with Crippen molar-refractivity contribution in [2.45, 2.75) is 58.5 Å². The van der Waals surface area contributed by atoms with Crippen LogP contribution in [-0.4, -0.2) is 52.3 Å². The van der Waals surface area contributed by atoms with Crippen molar-refractivity contribution in [3.05, 3.63) is 17.0 Å². The van der Waals surface area contributed by atoms with E-state index in [-0.39, 0.29) is 12.3 Å². The van der Waals surface area contributed by atoms with Crippen LogP contribution in [0.4, 0.5) is 0 Å². The molecule has 24 heavy (non-hydrogen) atoms. The summed E-state index contributed by atoms with van der Waals surface area (Å²) in [6, 6.07) is 0. The van der Waals surface area contributed by atoms with Gasteiger partial charge in [0.2, 0.25) is 11.8 Å². The molecule has 2 rings (SSSR count). The molecule has 7 nitrogen and oxygen atoms in total. The number of carbonyl (C=O) groups excluding carboxylic acids is 2. The van der Waals surface area contributed by atoms with E-state index in [1.165, 1.54) is 0 Å². The van der Waals surface area contributed by atoms with Gasteiger partial charge in [-0.15, -0.1) is 0 Å². The molecule has 1 atom stereocenters. The summed E-state index contributed by atoms with van der Waals surface area (Å²) in [6.07, 6.45) is 2.10. The lowest BCUT2D eigenvalue weighted by Crippen LogP contribution is -2.52. The predicted molar refractivity (Wildman–Crippen MR) is 90.4 cm³/mol. The van der Waals surface area contributed by atoms with Gasteiger partial charge in [-0.05, 0) is 39.2 Å². The number of nitrogens with two attached hydrogens (primary N) is 1. The van der Waals surface area contributed by atoms with E-state index >= 15 is 0 Å². The average Bonchev–Trinajstić information content (AvgIpc) is 3.01. The van der Waals surface area contributed by atoms with Gasteiger partial charge < -0.3 is 15.4 Å². The lowest BCUT2D eigenvalue weighted by atomic mass is 9.92. The van der Waals surface area contributed by atoms with Crippen LogP contribution >= 0.6 is 0 Å². The summed E-state index contributed by atoms with van der Waals surface area (Å²) in [5.41, 5.74) is 8.05. The molecule has 0 radical (unpaired) electrons. The van der Waals surface area contributed by atoms with Crippen molar-refractivity contribution in [3.63, 3.8) is 0 Å². The first-order valence-electron chi connectivity index (χ1n) is 8.39. The number of aromatic nitrogens is 2. The molecule has 1 saturated heterocycles. The van der Waals surface area contributed by atoms with Gasteiger partial charge in [-0.3, -0.25) is 14.3 Å². The normalized spacial score (nSPS) is 20.6. The zero-order valence-corrected chi connectivity index (χ0v) is 15.1. The Bertz CT molecular complexity index is 626. The van der Waals surface area contributed by atoms with E-state index in [1.807, 2.05) is 25.5 Å². The van der Waals surface area contributed by atoms with Crippen LogP contribution in [-0.2, 0) is 20.9 Å². The predicted octanol–water partition coefficient (Wildman–Crippen LogP) is 1.08. The van der Waals surface area contributed by atoms with E-state index in [4.69, 9.17) is 10.5 Å². The molecule has 1 aliphatic heterocycles. The highest BCUT2D eigenvalue weighted by Crippen LogP contribution is 2.33. The van der Waals surface area contributed by atoms with Crippen molar-refractivity contribution in [2.24, 2.45) is 5.73 Å². The van der Waals surface area contributed by atoms with Crippen LogP contribution < -0.4 is 5.73 Å². The molecule has 1 aliphatic rings. The summed E-state index contributed by atoms with van der Waals surface area (Å²) in [7, 11) is 1.59. The van der Waals surface area contributed by atoms with Gasteiger partial charge in [0.1, 0.15) is 0 Å². The number of ether oxygens (including phenoxy) is 1. The molecule has 1 aromatic heterocycles. The van der Waals surface area contributed by atoms with E-state index in [1.54, 1.807) is 12.0 Å². The number of nitrogens with zero attached hydrogens (tertiary/aromatic N) is 3. The number of hydrogen-bond acceptors (Lipinski definition) is 4. The Morgan fingerprint density at radius 1 is 1.33 bits per heavy atom. The molecule has 1 fully saturated rings. The van der Waals surface area contributed by atoms with E-state index in [0.29, 0.717) is 26.1 Å². The minimum atomic E-state index is -0.595. The zero-order valence-electron chi connectivity index (χ0n) is 15.1. The average molecular weight is 336 g/mol. The lowest BCUT2D eigenvalue weighted by Gasteiger charge is -2.37. The van der Waals surface area contributed by atoms with Crippen LogP contribution in [0.1, 0.15) is 42.6 Å². The summed E-state index contributed by atoms with van der Waals surface area (Å²) in [4.78, 5) is 26.0. The smallest absolute Gasteiger partial charge is 0.224 e. The van der Waals surface area contributed by atoms with Crippen molar-refractivity contribution in [2.75, 3.05) is 20.3 Å². The van der Waals surface area contributed by atoms with Crippen LogP contribution in [0.15, 0.2) is 0 Å². The molecular formula is C17H28N4O3. The maximum Gasteiger partial charge on any atom is 0.224 e. The number of likely N-dealkylation sites (tertiary alicyclic amines) is 1. The Labute approximate surface area is 143 Å². The highest BCUT2D eigenvalue weighted by molar-refractivity contribution is 5.80. The van der Waals surface area contributed by atoms with Crippen molar-refractivity contribution in [3.8, 4) is 0 Å². The van der Waals surface area contributed by atoms with Gasteiger partial charge in [-0.1, -0.05) is 0 Å². The van der Waals surface area contributed by atoms with Gasteiger partial charge >= 0.3 is 0 Å². The van der Waals surface area contributed by atoms with Crippen LogP contribution in [0.25, 0.3) is 0 Å². The Balaban J connectivity index is 2.09. The fraction of sp³-hybridized carbons (Fsp3) is 0.706. The largest absolute Gasteiger partial charge is 0.382 e. The summed E-state index contributed by atoms with van der Waals surface area (Å²) in [6.45, 7) is 7.53. The second-order valence-corrected chi connectivity index (χ2v) is 6.72. The minimum Gasteiger partial charge on any atom is -0.382 e. The Hall–Kier alpha value is -1.89. The molecule has 134 valence electrons. The molecule has 0 saturated carbocycles. The topological polar surface area (TPSA) is 90.5 Å². The molecule has 2 N–H and O–H groups in total. The van der Waals surface area contributed by atoms with Gasteiger partial charge in [0.25, 0.3) is 0 Å². The molecule has 2 heterocycles. The highest BCUT2D eigenvalue weighted by atomic mass is 16.5. The molecule has 0 aliphatic carbocycles. The quantitative estimate of drug-likeness (QED) is 0.807. The lowest BCUT2D eigenvalue weighted by molar-refractivity contribution is -0.139. The SMILES string of the molecule is COC[C@@]1(CC(N)=O)CCCN1C(=O)CCn1nc(C)c(C)c1C. The molecule has 2 amide bonds. The first-order valence-corrected chi connectivity index (χ1v) is 8.39. The zero-order chi connectivity index (χ0) is 17.9. The maximum atomic E-state index is 12.8. The summed E-state index contributed by atoms with van der Waals surface area (Å²) >= 11 is 0. The maximum absolute atomic E-state index is 12.8. The fourth-order valence-electron chi connectivity index (χ4n) is 3.65. The first kappa shape index (κ1) is 18.4. The number of aryl methyl sites for hydroxylation is 2. The molecule has 7 heteroatoms. The standard InChI is InChI=1S/C17H28N4O3/c1-12-13(2)19-21(14(12)3)9-6-16(23)20-8-5-7-17(20,11-24-4)10-15(18)22/h5-11H2,1-4H3,(H2,18,22)/t17-/m0/s1. The molecule has 1 aromatic rings. The van der Waals surface area contributed by atoms with Crippen LogP contribution in [0.3, 0.4) is 0 Å². The van der Waals surface area contributed by atoms with E-state index in [2.05, 4.69) is 5.10 Å². The Morgan fingerprint density at radius 3 is 2.58 bits per heavy atom. The molecule has 0 aromatic carbocycles. The molecule has 0 bridgehead atoms. The number of rotatable bonds is 7. The third-order valence-electron chi connectivity index (χ3n) is 5.09. The van der Waals surface area contributed by atoms with Gasteiger partial charge in [-0.25, -0.2) is 0 Å². The highest BCUT2D eigenvalue weighted by Gasteiger charge is 2.44. The summed E-state index contributed by atoms with van der Waals surface area (Å²) in [5.74, 6) is -0.378. The van der Waals surface area contributed by atoms with Crippen molar-refractivity contribution in [1.29, 1.82) is 0 Å². The monoisotopic (exact) mass is 336 g/mol. The number of methoxy groups -OCH3 is 1. The fourth-order valence-corrected chi connectivity index (χ4v) is 3.65. The van der Waals surface area contributed by atoms with Crippen molar-refractivity contribution < 1.29 is 14.3 Å². The van der Waals surface area contributed by atoms with Crippen molar-refractivity contribution in [1.82, 2.24) is 14.7 Å². The van der Waals surface area contributed by atoms with Gasteiger partial charge in [0.05, 0.1) is 24.3 Å². The first-order chi connectivity index (χ1) is 11.3. The van der Waals surface area contributed by atoms with E-state index in [9.17, 15) is 9.59 Å². The van der Waals surface area contributed by atoms with Crippen molar-refractivity contribution >= 4 is 11.8 Å². The number of hydrogen-bond donors (Lipinski definition) is 1. The van der Waals surface area contributed by atoms with E-state index < -0.39 is 11.4 Å². The minimum absolute atomic E-state index is 0.0241. The molecule has 0 unspecified atom stereocenters.